The molecule has 15 nitrogen and oxygen atoms in total. The number of unbranched alkanes of at least 4 members (excludes halogenated alkanes) is 2. The van der Waals surface area contributed by atoms with E-state index in [2.05, 4.69) is 21.3 Å². The molecule has 2 heterocycles. The van der Waals surface area contributed by atoms with Gasteiger partial charge in [0.1, 0.15) is 11.5 Å². The number of urea groups is 1. The van der Waals surface area contributed by atoms with E-state index in [1.165, 1.54) is 0 Å². The summed E-state index contributed by atoms with van der Waals surface area (Å²) in [5.74, 6) is 0.464. The van der Waals surface area contributed by atoms with Crippen LogP contribution in [-0.2, 0) is 33.1 Å². The predicted molar refractivity (Wildman–Crippen MR) is 211 cm³/mol. The Morgan fingerprint density at radius 3 is 1.98 bits per heavy atom. The third-order valence-electron chi connectivity index (χ3n) is 8.83. The van der Waals surface area contributed by atoms with Crippen LogP contribution in [0, 0.1) is 0 Å². The van der Waals surface area contributed by atoms with Crippen molar-refractivity contribution in [3.8, 4) is 11.5 Å². The zero-order valence-corrected chi connectivity index (χ0v) is 33.2. The maximum atomic E-state index is 14.3. The minimum Gasteiger partial charge on any atom is -0.415 e. The van der Waals surface area contributed by atoms with Crippen LogP contribution in [0.2, 0.25) is 0 Å². The molecular weight excluding hydrogens is 749 g/mol. The number of fused-ring (bicyclic) bond motifs is 1. The number of hydrogen-bond donors (Lipinski definition) is 5. The van der Waals surface area contributed by atoms with E-state index >= 15 is 0 Å². The highest BCUT2D eigenvalue weighted by atomic mass is 32.2. The van der Waals surface area contributed by atoms with Gasteiger partial charge in [-0.15, -0.1) is 0 Å². The smallest absolute Gasteiger partial charge is 0.415 e. The van der Waals surface area contributed by atoms with Crippen molar-refractivity contribution >= 4 is 37.2 Å². The molecule has 2 saturated heterocycles. The summed E-state index contributed by atoms with van der Waals surface area (Å²) >= 11 is 1.89. The third kappa shape index (κ3) is 17.1. The molecule has 17 heteroatoms. The second kappa shape index (κ2) is 25.7. The van der Waals surface area contributed by atoms with Crippen molar-refractivity contribution in [1.29, 1.82) is 0 Å². The first-order valence-electron chi connectivity index (χ1n) is 19.2. The van der Waals surface area contributed by atoms with Crippen LogP contribution in [0.5, 0.6) is 11.5 Å². The average Bonchev–Trinajstić information content (AvgIpc) is 3.74. The summed E-state index contributed by atoms with van der Waals surface area (Å²) < 4.78 is 48.4. The van der Waals surface area contributed by atoms with E-state index in [-0.39, 0.29) is 43.0 Å². The lowest BCUT2D eigenvalue weighted by Gasteiger charge is -2.28. The van der Waals surface area contributed by atoms with E-state index in [9.17, 15) is 18.9 Å². The van der Waals surface area contributed by atoms with Gasteiger partial charge in [0.25, 0.3) is 0 Å². The van der Waals surface area contributed by atoms with Crippen LogP contribution in [0.1, 0.15) is 51.4 Å². The van der Waals surface area contributed by atoms with Gasteiger partial charge in [0.15, 0.2) is 5.78 Å². The fraction of sp³-hybridized carbons (Fsp3) is 0.605. The molecule has 0 spiro atoms. The molecule has 2 aromatic carbocycles. The van der Waals surface area contributed by atoms with Crippen LogP contribution >= 0.6 is 19.4 Å². The highest BCUT2D eigenvalue weighted by Gasteiger charge is 2.43. The van der Waals surface area contributed by atoms with Crippen molar-refractivity contribution in [1.82, 2.24) is 21.3 Å². The lowest BCUT2D eigenvalue weighted by atomic mass is 10.0. The Labute approximate surface area is 328 Å². The SMILES string of the molecule is NCCCC[C@@H](NC(=O)CCOCCOCCOCCOCCNC(=O)CCCC[C@@H]1SC[C@@H]2NC(=O)N[C@@H]21)P(=O)(Oc1ccccc1)Oc1ccccc1. The Balaban J connectivity index is 0.984. The van der Waals surface area contributed by atoms with E-state index in [0.717, 1.165) is 25.0 Å². The number of benzene rings is 2. The van der Waals surface area contributed by atoms with Gasteiger partial charge in [0.05, 0.1) is 64.9 Å². The van der Waals surface area contributed by atoms with Crippen molar-refractivity contribution in [3.63, 3.8) is 0 Å². The summed E-state index contributed by atoms with van der Waals surface area (Å²) in [6.45, 7) is 3.72. The summed E-state index contributed by atoms with van der Waals surface area (Å²) in [5.41, 5.74) is 5.71. The summed E-state index contributed by atoms with van der Waals surface area (Å²) in [6.07, 6.45) is 4.97. The van der Waals surface area contributed by atoms with Crippen LogP contribution in [0.15, 0.2) is 60.7 Å². The number of para-hydroxylation sites is 2. The number of hydrogen-bond acceptors (Lipinski definition) is 12. The molecule has 306 valence electrons. The molecule has 2 aromatic rings. The van der Waals surface area contributed by atoms with Gasteiger partial charge in [-0.1, -0.05) is 42.8 Å². The van der Waals surface area contributed by atoms with Crippen molar-refractivity contribution < 1.29 is 46.9 Å². The quantitative estimate of drug-likeness (QED) is 0.0429. The number of thioether (sulfide) groups is 1. The van der Waals surface area contributed by atoms with Crippen molar-refractivity contribution in [2.45, 2.75) is 74.5 Å². The van der Waals surface area contributed by atoms with E-state index in [0.29, 0.717) is 102 Å². The summed E-state index contributed by atoms with van der Waals surface area (Å²) in [6, 6.07) is 17.9. The van der Waals surface area contributed by atoms with Crippen LogP contribution in [-0.4, -0.2) is 113 Å². The predicted octanol–water partition coefficient (Wildman–Crippen LogP) is 4.21. The molecule has 2 aliphatic heterocycles. The zero-order valence-electron chi connectivity index (χ0n) is 31.5. The van der Waals surface area contributed by atoms with Crippen LogP contribution in [0.25, 0.3) is 0 Å². The molecule has 2 aliphatic rings. The van der Waals surface area contributed by atoms with Gasteiger partial charge in [0, 0.05) is 30.4 Å². The number of nitrogens with one attached hydrogen (secondary N) is 4. The Morgan fingerprint density at radius 2 is 1.36 bits per heavy atom. The highest BCUT2D eigenvalue weighted by molar-refractivity contribution is 8.00. The Bertz CT molecular complexity index is 1400. The largest absolute Gasteiger partial charge is 0.452 e. The molecule has 4 amide bonds. The molecule has 6 N–H and O–H groups in total. The van der Waals surface area contributed by atoms with E-state index < -0.39 is 13.4 Å². The topological polar surface area (TPSA) is 198 Å². The average molecular weight is 808 g/mol. The van der Waals surface area contributed by atoms with Gasteiger partial charge in [-0.2, -0.15) is 11.8 Å². The molecule has 2 fully saturated rings. The number of amides is 4. The third-order valence-corrected chi connectivity index (χ3v) is 12.4. The molecule has 0 saturated carbocycles. The summed E-state index contributed by atoms with van der Waals surface area (Å²) in [5, 5.41) is 12.1. The maximum absolute atomic E-state index is 14.3. The first kappa shape index (κ1) is 44.3. The molecule has 0 radical (unpaired) electrons. The molecule has 4 atom stereocenters. The second-order valence-corrected chi connectivity index (χ2v) is 16.5. The molecule has 55 heavy (non-hydrogen) atoms. The normalized spacial score (nSPS) is 18.2. The lowest BCUT2D eigenvalue weighted by Crippen LogP contribution is -2.37. The van der Waals surface area contributed by atoms with Gasteiger partial charge in [-0.05, 0) is 62.9 Å². The molecule has 0 bridgehead atoms. The van der Waals surface area contributed by atoms with Gasteiger partial charge in [0.2, 0.25) is 11.8 Å². The summed E-state index contributed by atoms with van der Waals surface area (Å²) in [4.78, 5) is 36.6. The molecule has 0 aromatic heterocycles. The van der Waals surface area contributed by atoms with E-state index in [1.54, 1.807) is 48.5 Å². The number of carbonyl (C=O) groups excluding carboxylic acids is 3. The van der Waals surface area contributed by atoms with Crippen molar-refractivity contribution in [2.75, 3.05) is 71.7 Å². The first-order chi connectivity index (χ1) is 26.9. The van der Waals surface area contributed by atoms with Gasteiger partial charge >= 0.3 is 13.6 Å². The van der Waals surface area contributed by atoms with Crippen molar-refractivity contribution in [3.05, 3.63) is 60.7 Å². The Morgan fingerprint density at radius 1 is 0.764 bits per heavy atom. The fourth-order valence-corrected chi connectivity index (χ4v) is 9.47. The first-order valence-corrected chi connectivity index (χ1v) is 21.9. The monoisotopic (exact) mass is 807 g/mol. The number of rotatable bonds is 30. The van der Waals surface area contributed by atoms with Crippen LogP contribution in [0.3, 0.4) is 0 Å². The highest BCUT2D eigenvalue weighted by Crippen LogP contribution is 2.53. The Hall–Kier alpha value is -3.37. The Kier molecular flexibility index (Phi) is 20.7. The molecule has 0 unspecified atom stereocenters. The number of nitrogens with two attached hydrogens (primary N) is 1. The standard InChI is InChI=1S/C38H58N5O10PS/c39-19-10-9-17-36(54(47,52-30-11-3-1-4-12-30)53-31-13-5-2-6-14-31)42-35(45)18-21-48-23-25-50-27-28-51-26-24-49-22-20-40-34(44)16-8-7-15-33-37-32(29-55-33)41-38(46)43-37/h1-6,11-14,32-33,36-37H,7-10,15-29,39H2,(H,40,44)(H,42,45)(H2,41,43,46)/t32-,33-,36-,37-/m0/s1. The molecule has 0 aliphatic carbocycles. The molecule has 4 rings (SSSR count). The second-order valence-electron chi connectivity index (χ2n) is 13.1. The number of ether oxygens (including phenoxy) is 4. The van der Waals surface area contributed by atoms with Crippen LogP contribution < -0.4 is 36.0 Å². The van der Waals surface area contributed by atoms with E-state index in [1.807, 2.05) is 23.9 Å². The molecular formula is C38H58N5O10PS. The van der Waals surface area contributed by atoms with Gasteiger partial charge < -0.3 is 55.0 Å². The number of carbonyl (C=O) groups is 3. The van der Waals surface area contributed by atoms with Gasteiger partial charge in [-0.25, -0.2) is 9.36 Å². The minimum absolute atomic E-state index is 0.0190. The fourth-order valence-electron chi connectivity index (χ4n) is 6.00. The maximum Gasteiger partial charge on any atom is 0.452 e. The van der Waals surface area contributed by atoms with Gasteiger partial charge in [-0.3, -0.25) is 9.59 Å². The minimum atomic E-state index is -3.93. The van der Waals surface area contributed by atoms with Crippen molar-refractivity contribution in [2.24, 2.45) is 5.73 Å². The zero-order chi connectivity index (χ0) is 39.0. The summed E-state index contributed by atoms with van der Waals surface area (Å²) in [7, 11) is -3.93. The van der Waals surface area contributed by atoms with E-state index in [4.69, 9.17) is 33.7 Å². The van der Waals surface area contributed by atoms with Crippen LogP contribution in [0.4, 0.5) is 4.79 Å². The lowest BCUT2D eigenvalue weighted by molar-refractivity contribution is -0.123.